The number of carbonyl (C=O) groups excluding carboxylic acids is 20. The summed E-state index contributed by atoms with van der Waals surface area (Å²) in [5.74, 6) is -16.2. The van der Waals surface area contributed by atoms with E-state index in [4.69, 9.17) is 133 Å². The van der Waals surface area contributed by atoms with Crippen molar-refractivity contribution in [3.63, 3.8) is 0 Å². The van der Waals surface area contributed by atoms with Crippen LogP contribution in [-0.4, -0.2) is 306 Å². The first-order chi connectivity index (χ1) is 56.3. The normalized spacial score (nSPS) is 20.4. The summed E-state index contributed by atoms with van der Waals surface area (Å²) in [6.07, 6.45) is -9.41. The number of hydrogen-bond donors (Lipinski definition) is 0. The molecular formula is C73H92O48. The van der Waals surface area contributed by atoms with Gasteiger partial charge in [-0.2, -0.15) is 0 Å². The smallest absolute Gasteiger partial charge is 0.464 e. The molecule has 0 aromatic heterocycles. The fraction of sp³-hybridized carbons (Fsp3) is 0.726. The number of esters is 12. The second kappa shape index (κ2) is 37.2. The topological polar surface area (TPSA) is 600 Å². The van der Waals surface area contributed by atoms with Crippen LogP contribution in [0.15, 0.2) is 0 Å². The maximum absolute atomic E-state index is 15.5. The zero-order valence-electron chi connectivity index (χ0n) is 67.9. The summed E-state index contributed by atoms with van der Waals surface area (Å²) in [5, 5.41) is 0. The SMILES string of the molecule is CC1(C(=O)OCC(C)(COC(=O)C2(C)COC(=O)OC2)C(=O)OCC(COC(=O)C(C)(COC(=O)C2(C)COC(=O)OC2)COC(=O)C2(C)COC(=O)OC2)(COC(=O)C(C)(COC(=O)C2(C)COC(=O)OC2)COC(=O)C2(C)COC(=O)OC2)COC(=O)C(C)(COC(=O)C2(C)COC(=O)OC2)COC(=O)C2(C)COC(=O)OC2)COC(=O)OC1. The molecule has 672 valence electrons. The van der Waals surface area contributed by atoms with Crippen molar-refractivity contribution in [2.45, 2.75) is 83.1 Å². The Kier molecular flexibility index (Phi) is 29.0. The van der Waals surface area contributed by atoms with Crippen molar-refractivity contribution < 1.29 is 229 Å². The number of carbonyl (C=O) groups is 20. The Labute approximate surface area is 685 Å². The van der Waals surface area contributed by atoms with Crippen LogP contribution in [0.25, 0.3) is 0 Å². The van der Waals surface area contributed by atoms with Gasteiger partial charge >= 0.3 is 121 Å². The van der Waals surface area contributed by atoms with E-state index in [1.807, 2.05) is 0 Å². The molecule has 48 nitrogen and oxygen atoms in total. The van der Waals surface area contributed by atoms with Gasteiger partial charge in [0.2, 0.25) is 0 Å². The maximum atomic E-state index is 15.5. The molecule has 8 aliphatic rings. The van der Waals surface area contributed by atoms with Gasteiger partial charge in [0.15, 0.2) is 0 Å². The summed E-state index contributed by atoms with van der Waals surface area (Å²) in [6, 6.07) is 0. The summed E-state index contributed by atoms with van der Waals surface area (Å²) in [4.78, 5) is 270. The van der Waals surface area contributed by atoms with Gasteiger partial charge in [0, 0.05) is 0 Å². The van der Waals surface area contributed by atoms with Gasteiger partial charge < -0.3 is 133 Å². The van der Waals surface area contributed by atoms with E-state index in [9.17, 15) is 76.7 Å². The van der Waals surface area contributed by atoms with Crippen LogP contribution in [0, 0.1) is 70.4 Å². The molecule has 48 heteroatoms. The lowest BCUT2D eigenvalue weighted by atomic mass is 9.88. The van der Waals surface area contributed by atoms with E-state index in [-0.39, 0.29) is 0 Å². The lowest BCUT2D eigenvalue weighted by Gasteiger charge is -2.38. The first-order valence-electron chi connectivity index (χ1n) is 36.8. The molecule has 8 rings (SSSR count). The van der Waals surface area contributed by atoms with Crippen LogP contribution in [-0.2, 0) is 190 Å². The van der Waals surface area contributed by atoms with E-state index in [2.05, 4.69) is 0 Å². The minimum Gasteiger partial charge on any atom is -0.464 e. The molecule has 8 fully saturated rings. The van der Waals surface area contributed by atoms with Crippen LogP contribution in [0.2, 0.25) is 0 Å². The Morgan fingerprint density at radius 2 is 0.298 bits per heavy atom. The Hall–Kier alpha value is -12.2. The van der Waals surface area contributed by atoms with Gasteiger partial charge in [0.05, 0.1) is 0 Å². The van der Waals surface area contributed by atoms with Crippen molar-refractivity contribution in [2.75, 3.05) is 185 Å². The second-order valence-electron chi connectivity index (χ2n) is 33.8. The molecule has 0 amide bonds. The van der Waals surface area contributed by atoms with Gasteiger partial charge in [-0.05, 0) is 83.1 Å². The number of hydrogen-bond acceptors (Lipinski definition) is 48. The molecule has 8 aliphatic heterocycles. The summed E-state index contributed by atoms with van der Waals surface area (Å²) in [6.45, 7) is -12.1. The third-order valence-corrected chi connectivity index (χ3v) is 20.3. The van der Waals surface area contributed by atoms with Gasteiger partial charge in [-0.3, -0.25) is 57.5 Å². The number of rotatable bonds is 36. The highest BCUT2D eigenvalue weighted by Gasteiger charge is 2.56. The van der Waals surface area contributed by atoms with Crippen molar-refractivity contribution in [3.05, 3.63) is 0 Å². The van der Waals surface area contributed by atoms with E-state index < -0.39 is 376 Å². The predicted molar refractivity (Wildman–Crippen MR) is 370 cm³/mol. The maximum Gasteiger partial charge on any atom is 0.508 e. The third kappa shape index (κ3) is 23.3. The molecule has 0 spiro atoms. The van der Waals surface area contributed by atoms with Crippen LogP contribution in [0.4, 0.5) is 38.4 Å². The van der Waals surface area contributed by atoms with Gasteiger partial charge in [0.1, 0.15) is 255 Å². The molecule has 121 heavy (non-hydrogen) atoms. The Morgan fingerprint density at radius 1 is 0.198 bits per heavy atom. The van der Waals surface area contributed by atoms with Crippen LogP contribution in [0.3, 0.4) is 0 Å². The first-order valence-corrected chi connectivity index (χ1v) is 36.8. The Balaban J connectivity index is 1.26. The number of cyclic esters (lactones) is 16. The molecule has 8 heterocycles. The third-order valence-electron chi connectivity index (χ3n) is 20.3. The molecule has 0 bridgehead atoms. The Bertz CT molecular complexity index is 3280. The zero-order valence-corrected chi connectivity index (χ0v) is 67.9. The van der Waals surface area contributed by atoms with Crippen molar-refractivity contribution in [3.8, 4) is 0 Å². The summed E-state index contributed by atoms with van der Waals surface area (Å²) in [7, 11) is 0. The fourth-order valence-corrected chi connectivity index (χ4v) is 10.8. The van der Waals surface area contributed by atoms with Crippen molar-refractivity contribution in [1.29, 1.82) is 0 Å². The minimum atomic E-state index is -2.84. The average molecular weight is 1740 g/mol. The summed E-state index contributed by atoms with van der Waals surface area (Å²) < 4.78 is 148. The molecule has 0 aromatic carbocycles. The molecule has 0 aliphatic carbocycles. The fourth-order valence-electron chi connectivity index (χ4n) is 10.8. The van der Waals surface area contributed by atoms with Crippen LogP contribution in [0.1, 0.15) is 83.1 Å². The van der Waals surface area contributed by atoms with Crippen molar-refractivity contribution in [1.82, 2.24) is 0 Å². The summed E-state index contributed by atoms with van der Waals surface area (Å²) in [5.41, 5.74) is -27.5. The molecule has 0 unspecified atom stereocenters. The van der Waals surface area contributed by atoms with E-state index in [0.29, 0.717) is 0 Å². The van der Waals surface area contributed by atoms with E-state index >= 15 is 19.2 Å². The molecular weight excluding hydrogens is 1640 g/mol. The highest BCUT2D eigenvalue weighted by atomic mass is 16.8. The molecule has 0 saturated carbocycles. The van der Waals surface area contributed by atoms with Gasteiger partial charge in [0.25, 0.3) is 0 Å². The largest absolute Gasteiger partial charge is 0.508 e. The standard InChI is InChI=1S/C73H92O48/c1-61(13-94-41(74)65(5)21-106-53(86)107-22-65,14-95-42(75)66(6)23-108-54(87)109-24-66)49(82)102-37-73(38-103-50(83)62(2,15-96-43(76)67(7)25-110-55(88)111-26-67)16-97-44(77)68(8)27-112-56(89)113-28-68,39-104-51(84)63(3,17-98-45(78)69(9)29-114-57(90)115-30-69)18-99-46(79)70(10)31-116-58(91)117-32-70)40-105-52(85)64(4,19-100-47(80)71(11)33-118-59(92)119-34-71)20-101-48(81)72(12)35-120-60(93)121-36-72/h13-40H2,1-12H3. The van der Waals surface area contributed by atoms with Crippen LogP contribution < -0.4 is 0 Å². The predicted octanol–water partition coefficient (Wildman–Crippen LogP) is 1.90. The highest BCUT2D eigenvalue weighted by molar-refractivity contribution is 5.87. The molecule has 0 atom stereocenters. The lowest BCUT2D eigenvalue weighted by Crippen LogP contribution is -2.52. The second-order valence-corrected chi connectivity index (χ2v) is 33.8. The average Bonchev–Trinajstić information content (AvgIpc) is 0.796. The quantitative estimate of drug-likeness (QED) is 0.0638. The molecule has 0 N–H and O–H groups in total. The lowest BCUT2D eigenvalue weighted by molar-refractivity contribution is -0.192. The van der Waals surface area contributed by atoms with Gasteiger partial charge in [-0.25, -0.2) is 38.4 Å². The monoisotopic (exact) mass is 1740 g/mol. The molecule has 8 saturated heterocycles. The van der Waals surface area contributed by atoms with Crippen LogP contribution >= 0.6 is 0 Å². The Morgan fingerprint density at radius 3 is 0.397 bits per heavy atom. The van der Waals surface area contributed by atoms with E-state index in [1.165, 1.54) is 55.4 Å². The summed E-state index contributed by atoms with van der Waals surface area (Å²) >= 11 is 0. The van der Waals surface area contributed by atoms with Crippen molar-refractivity contribution in [2.24, 2.45) is 70.4 Å². The highest BCUT2D eigenvalue weighted by Crippen LogP contribution is 2.39. The van der Waals surface area contributed by atoms with E-state index in [0.717, 1.165) is 27.7 Å². The number of ether oxygens (including phenoxy) is 28. The van der Waals surface area contributed by atoms with Gasteiger partial charge in [-0.15, -0.1) is 0 Å². The van der Waals surface area contributed by atoms with Crippen molar-refractivity contribution >= 4 is 121 Å². The first kappa shape index (κ1) is 94.3. The van der Waals surface area contributed by atoms with Crippen LogP contribution in [0.5, 0.6) is 0 Å². The molecule has 0 radical (unpaired) electrons. The van der Waals surface area contributed by atoms with E-state index in [1.54, 1.807) is 0 Å². The minimum absolute atomic E-state index is 0.654. The molecule has 0 aromatic rings. The van der Waals surface area contributed by atoms with Gasteiger partial charge in [-0.1, -0.05) is 0 Å². The zero-order chi connectivity index (χ0) is 89.6.